The molecular formula is C15H23BrN2O3S. The molecule has 5 nitrogen and oxygen atoms in total. The van der Waals surface area contributed by atoms with Gasteiger partial charge in [0.05, 0.1) is 15.1 Å². The van der Waals surface area contributed by atoms with Crippen LogP contribution in [0, 0.1) is 5.92 Å². The van der Waals surface area contributed by atoms with E-state index in [1.54, 1.807) is 12.1 Å². The lowest BCUT2D eigenvalue weighted by Crippen LogP contribution is -2.33. The summed E-state index contributed by atoms with van der Waals surface area (Å²) >= 11 is 3.32. The van der Waals surface area contributed by atoms with Crippen LogP contribution in [-0.4, -0.2) is 32.5 Å². The van der Waals surface area contributed by atoms with Crippen molar-refractivity contribution in [3.05, 3.63) is 28.7 Å². The van der Waals surface area contributed by atoms with Crippen LogP contribution in [0.2, 0.25) is 0 Å². The van der Waals surface area contributed by atoms with Crippen LogP contribution < -0.4 is 10.6 Å². The minimum Gasteiger partial charge on any atom is -0.338 e. The number of halogens is 1. The predicted octanol–water partition coefficient (Wildman–Crippen LogP) is 3.56. The van der Waals surface area contributed by atoms with E-state index in [9.17, 15) is 13.6 Å². The van der Waals surface area contributed by atoms with Crippen molar-refractivity contribution in [2.24, 2.45) is 5.92 Å². The lowest BCUT2D eigenvalue weighted by atomic mass is 10.1. The maximum Gasteiger partial charge on any atom is 0.319 e. The van der Waals surface area contributed by atoms with Gasteiger partial charge in [-0.05, 0) is 48.9 Å². The van der Waals surface area contributed by atoms with Crippen LogP contribution in [0.15, 0.2) is 28.7 Å². The molecule has 0 spiro atoms. The van der Waals surface area contributed by atoms with Crippen molar-refractivity contribution in [1.82, 2.24) is 5.32 Å². The SMILES string of the molecule is C=S(=O)(O)C(CCNC(=O)Nc1ccc(Br)cc1)CC(C)C. The number of nitrogens with one attached hydrogen (secondary N) is 2. The molecule has 0 fully saturated rings. The molecule has 0 aliphatic rings. The number of carbonyl (C=O) groups is 1. The molecule has 0 aliphatic carbocycles. The summed E-state index contributed by atoms with van der Waals surface area (Å²) in [6.45, 7) is 4.31. The molecule has 1 rings (SSSR count). The number of hydrogen-bond donors (Lipinski definition) is 3. The second-order valence-corrected chi connectivity index (χ2v) is 8.58. The first-order valence-corrected chi connectivity index (χ1v) is 9.61. The van der Waals surface area contributed by atoms with Gasteiger partial charge in [-0.25, -0.2) is 9.00 Å². The first-order valence-electron chi connectivity index (χ1n) is 7.07. The number of amides is 2. The minimum atomic E-state index is -3.10. The molecule has 1 aromatic carbocycles. The number of anilines is 1. The largest absolute Gasteiger partial charge is 0.338 e. The molecular weight excluding hydrogens is 368 g/mol. The summed E-state index contributed by atoms with van der Waals surface area (Å²) in [5.41, 5.74) is 0.683. The van der Waals surface area contributed by atoms with Gasteiger partial charge < -0.3 is 15.2 Å². The first kappa shape index (κ1) is 19.0. The number of urea groups is 1. The maximum absolute atomic E-state index is 11.8. The molecule has 22 heavy (non-hydrogen) atoms. The molecule has 2 amide bonds. The van der Waals surface area contributed by atoms with Gasteiger partial charge in [0.1, 0.15) is 0 Å². The van der Waals surface area contributed by atoms with Crippen molar-refractivity contribution in [1.29, 1.82) is 0 Å². The van der Waals surface area contributed by atoms with Crippen LogP contribution in [-0.2, 0) is 9.80 Å². The third kappa shape index (κ3) is 7.29. The molecule has 0 saturated heterocycles. The molecule has 1 aromatic rings. The Bertz CT molecular complexity index is 585. The predicted molar refractivity (Wildman–Crippen MR) is 96.9 cm³/mol. The molecule has 0 aliphatic heterocycles. The van der Waals surface area contributed by atoms with E-state index < -0.39 is 15.1 Å². The van der Waals surface area contributed by atoms with Crippen LogP contribution in [0.25, 0.3) is 0 Å². The van der Waals surface area contributed by atoms with Gasteiger partial charge in [-0.2, -0.15) is 0 Å². The normalized spacial score (nSPS) is 15.1. The molecule has 0 radical (unpaired) electrons. The van der Waals surface area contributed by atoms with Crippen LogP contribution in [0.4, 0.5) is 10.5 Å². The summed E-state index contributed by atoms with van der Waals surface area (Å²) in [4.78, 5) is 11.8. The fraction of sp³-hybridized carbons (Fsp3) is 0.467. The Balaban J connectivity index is 2.44. The van der Waals surface area contributed by atoms with E-state index in [0.717, 1.165) is 4.47 Å². The zero-order valence-electron chi connectivity index (χ0n) is 12.8. The lowest BCUT2D eigenvalue weighted by Gasteiger charge is -2.19. The second kappa shape index (κ2) is 8.55. The number of hydrogen-bond acceptors (Lipinski definition) is 2. The second-order valence-electron chi connectivity index (χ2n) is 5.62. The van der Waals surface area contributed by atoms with E-state index in [1.165, 1.54) is 0 Å². The number of carbonyl (C=O) groups excluding carboxylic acids is 1. The fourth-order valence-corrected chi connectivity index (χ4v) is 3.47. The summed E-state index contributed by atoms with van der Waals surface area (Å²) in [5, 5.41) is 4.98. The summed E-state index contributed by atoms with van der Waals surface area (Å²) in [6, 6.07) is 6.89. The standard InChI is InChI=1S/C15H23BrN2O3S/c1-11(2)10-14(22(3,20)21)8-9-17-15(19)18-13-6-4-12(16)5-7-13/h4-7,11,14H,3,8-10H2,1-2H3,(H,20,21)(H2,17,18,19). The zero-order valence-corrected chi connectivity index (χ0v) is 15.2. The Labute approximate surface area is 140 Å². The lowest BCUT2D eigenvalue weighted by molar-refractivity contribution is 0.252. The van der Waals surface area contributed by atoms with Crippen molar-refractivity contribution in [2.75, 3.05) is 11.9 Å². The van der Waals surface area contributed by atoms with E-state index in [0.29, 0.717) is 31.0 Å². The van der Waals surface area contributed by atoms with Crippen LogP contribution in [0.3, 0.4) is 0 Å². The van der Waals surface area contributed by atoms with Gasteiger partial charge in [0.2, 0.25) is 0 Å². The average molecular weight is 391 g/mol. The molecule has 7 heteroatoms. The van der Waals surface area contributed by atoms with Gasteiger partial charge in [0.25, 0.3) is 0 Å². The third-order valence-corrected chi connectivity index (χ3v) is 5.11. The number of benzene rings is 1. The van der Waals surface area contributed by atoms with Gasteiger partial charge >= 0.3 is 6.03 Å². The minimum absolute atomic E-state index is 0.302. The topological polar surface area (TPSA) is 78.4 Å². The van der Waals surface area contributed by atoms with Crippen molar-refractivity contribution < 1.29 is 13.6 Å². The summed E-state index contributed by atoms with van der Waals surface area (Å²) < 4.78 is 22.3. The zero-order chi connectivity index (χ0) is 16.8. The van der Waals surface area contributed by atoms with Gasteiger partial charge in [0, 0.05) is 16.7 Å². The highest BCUT2D eigenvalue weighted by molar-refractivity contribution is 9.10. The first-order chi connectivity index (χ1) is 10.2. The van der Waals surface area contributed by atoms with E-state index >= 15 is 0 Å². The maximum atomic E-state index is 11.8. The quantitative estimate of drug-likeness (QED) is 0.622. The summed E-state index contributed by atoms with van der Waals surface area (Å²) in [5.74, 6) is 3.65. The van der Waals surface area contributed by atoms with E-state index in [4.69, 9.17) is 0 Å². The Morgan fingerprint density at radius 3 is 2.45 bits per heavy atom. The van der Waals surface area contributed by atoms with E-state index in [-0.39, 0.29) is 6.03 Å². The van der Waals surface area contributed by atoms with Gasteiger partial charge in [-0.1, -0.05) is 29.8 Å². The van der Waals surface area contributed by atoms with Crippen LogP contribution in [0.5, 0.6) is 0 Å². The highest BCUT2D eigenvalue weighted by Crippen LogP contribution is 2.15. The monoisotopic (exact) mass is 390 g/mol. The van der Waals surface area contributed by atoms with Crippen molar-refractivity contribution >= 4 is 43.3 Å². The van der Waals surface area contributed by atoms with Crippen molar-refractivity contribution in [3.63, 3.8) is 0 Å². The Morgan fingerprint density at radius 1 is 1.36 bits per heavy atom. The fourth-order valence-electron chi connectivity index (χ4n) is 2.03. The Kier molecular flexibility index (Phi) is 7.38. The molecule has 2 unspecified atom stereocenters. The van der Waals surface area contributed by atoms with Gasteiger partial charge in [-0.15, -0.1) is 0 Å². The van der Waals surface area contributed by atoms with Crippen molar-refractivity contribution in [3.8, 4) is 0 Å². The molecule has 0 heterocycles. The Hall–Kier alpha value is -1.05. The molecule has 124 valence electrons. The molecule has 2 atom stereocenters. The van der Waals surface area contributed by atoms with Crippen molar-refractivity contribution in [2.45, 2.75) is 31.9 Å². The average Bonchev–Trinajstić information content (AvgIpc) is 2.39. The number of rotatable bonds is 7. The van der Waals surface area contributed by atoms with Crippen LogP contribution >= 0.6 is 15.9 Å². The van der Waals surface area contributed by atoms with Gasteiger partial charge in [-0.3, -0.25) is 0 Å². The molecule has 0 saturated carbocycles. The smallest absolute Gasteiger partial charge is 0.319 e. The van der Waals surface area contributed by atoms with E-state index in [1.807, 2.05) is 26.0 Å². The highest BCUT2D eigenvalue weighted by atomic mass is 79.9. The molecule has 3 N–H and O–H groups in total. The third-order valence-electron chi connectivity index (χ3n) is 3.11. The van der Waals surface area contributed by atoms with Gasteiger partial charge in [0.15, 0.2) is 0 Å². The molecule has 0 bridgehead atoms. The summed E-state index contributed by atoms with van der Waals surface area (Å²) in [7, 11) is -3.10. The highest BCUT2D eigenvalue weighted by Gasteiger charge is 2.19. The van der Waals surface area contributed by atoms with Crippen LogP contribution in [0.1, 0.15) is 26.7 Å². The molecule has 0 aromatic heterocycles. The van der Waals surface area contributed by atoms with E-state index in [2.05, 4.69) is 32.4 Å². The summed E-state index contributed by atoms with van der Waals surface area (Å²) in [6.07, 6.45) is 1.03. The Morgan fingerprint density at radius 2 is 1.95 bits per heavy atom.